The summed E-state index contributed by atoms with van der Waals surface area (Å²) in [5.74, 6) is 0. The van der Waals surface area contributed by atoms with Gasteiger partial charge < -0.3 is 4.43 Å². The molecule has 0 aromatic rings. The summed E-state index contributed by atoms with van der Waals surface area (Å²) in [5.41, 5.74) is 0. The monoisotopic (exact) mass is 246 g/mol. The van der Waals surface area contributed by atoms with E-state index in [0.717, 1.165) is 26.1 Å². The molecule has 0 aromatic heterocycles. The SMILES string of the molecule is CCCN(C(=O)O[Si](C)(C)C)N(CC)CC. The third-order valence-corrected chi connectivity index (χ3v) is 2.90. The van der Waals surface area contributed by atoms with Gasteiger partial charge in [-0.2, -0.15) is 0 Å². The molecular formula is C11H26N2O2Si. The van der Waals surface area contributed by atoms with Crippen LogP contribution >= 0.6 is 0 Å². The molecule has 0 N–H and O–H groups in total. The molecule has 0 bridgehead atoms. The maximum Gasteiger partial charge on any atom is 0.410 e. The van der Waals surface area contributed by atoms with E-state index >= 15 is 0 Å². The molecule has 0 aliphatic rings. The largest absolute Gasteiger partial charge is 0.503 e. The second kappa shape index (κ2) is 6.91. The van der Waals surface area contributed by atoms with Crippen molar-refractivity contribution in [2.75, 3.05) is 19.6 Å². The van der Waals surface area contributed by atoms with Crippen LogP contribution in [-0.4, -0.2) is 44.1 Å². The first kappa shape index (κ1) is 15.4. The summed E-state index contributed by atoms with van der Waals surface area (Å²) in [7, 11) is -1.80. The van der Waals surface area contributed by atoms with Gasteiger partial charge in [-0.15, -0.1) is 0 Å². The highest BCUT2D eigenvalue weighted by atomic mass is 28.4. The van der Waals surface area contributed by atoms with Crippen molar-refractivity contribution in [1.82, 2.24) is 10.0 Å². The number of amides is 1. The molecule has 0 fully saturated rings. The Balaban J connectivity index is 4.57. The van der Waals surface area contributed by atoms with Crippen LogP contribution in [0.4, 0.5) is 4.79 Å². The van der Waals surface area contributed by atoms with E-state index in [1.165, 1.54) is 0 Å². The third-order valence-electron chi connectivity index (χ3n) is 2.11. The van der Waals surface area contributed by atoms with Crippen LogP contribution in [0.1, 0.15) is 27.2 Å². The van der Waals surface area contributed by atoms with E-state index in [-0.39, 0.29) is 6.09 Å². The van der Waals surface area contributed by atoms with Crippen LogP contribution in [0.5, 0.6) is 0 Å². The van der Waals surface area contributed by atoms with Gasteiger partial charge in [0.15, 0.2) is 0 Å². The molecule has 0 saturated heterocycles. The molecule has 0 radical (unpaired) electrons. The van der Waals surface area contributed by atoms with Crippen LogP contribution in [0.2, 0.25) is 19.6 Å². The summed E-state index contributed by atoms with van der Waals surface area (Å²) in [6, 6.07) is 0. The van der Waals surface area contributed by atoms with E-state index in [4.69, 9.17) is 4.43 Å². The summed E-state index contributed by atoms with van der Waals surface area (Å²) < 4.78 is 5.52. The van der Waals surface area contributed by atoms with Crippen molar-refractivity contribution in [3.63, 3.8) is 0 Å². The van der Waals surface area contributed by atoms with Crippen molar-refractivity contribution < 1.29 is 9.22 Å². The van der Waals surface area contributed by atoms with E-state index in [1.807, 2.05) is 38.5 Å². The lowest BCUT2D eigenvalue weighted by molar-refractivity contribution is 0.00125. The predicted octanol–water partition coefficient (Wildman–Crippen LogP) is 2.93. The Hall–Kier alpha value is -0.553. The second-order valence-electron chi connectivity index (χ2n) is 4.74. The Labute approximate surface area is 101 Å². The highest BCUT2D eigenvalue weighted by Crippen LogP contribution is 2.09. The zero-order valence-electron chi connectivity index (χ0n) is 11.5. The first-order chi connectivity index (χ1) is 7.35. The third kappa shape index (κ3) is 5.51. The average Bonchev–Trinajstić information content (AvgIpc) is 2.15. The van der Waals surface area contributed by atoms with Gasteiger partial charge in [-0.1, -0.05) is 20.8 Å². The molecule has 1 amide bonds. The van der Waals surface area contributed by atoms with Crippen molar-refractivity contribution in [3.8, 4) is 0 Å². The lowest BCUT2D eigenvalue weighted by Crippen LogP contribution is -2.49. The Kier molecular flexibility index (Phi) is 6.67. The smallest absolute Gasteiger partial charge is 0.410 e. The number of hydrazine groups is 1. The van der Waals surface area contributed by atoms with Gasteiger partial charge in [0.05, 0.1) is 0 Å². The fourth-order valence-corrected chi connectivity index (χ4v) is 2.07. The van der Waals surface area contributed by atoms with Gasteiger partial charge in [0.2, 0.25) is 8.32 Å². The molecule has 5 heteroatoms. The lowest BCUT2D eigenvalue weighted by atomic mass is 10.4. The topological polar surface area (TPSA) is 32.8 Å². The molecule has 0 heterocycles. The number of nitrogens with zero attached hydrogens (tertiary/aromatic N) is 2. The molecule has 0 unspecified atom stereocenters. The minimum absolute atomic E-state index is 0.190. The average molecular weight is 246 g/mol. The molecule has 0 spiro atoms. The maximum absolute atomic E-state index is 12.0. The fraction of sp³-hybridized carbons (Fsp3) is 0.909. The van der Waals surface area contributed by atoms with Crippen LogP contribution in [0.15, 0.2) is 0 Å². The van der Waals surface area contributed by atoms with E-state index < -0.39 is 8.32 Å². The molecule has 0 saturated carbocycles. The lowest BCUT2D eigenvalue weighted by Gasteiger charge is -2.34. The predicted molar refractivity (Wildman–Crippen MR) is 69.7 cm³/mol. The molecule has 96 valence electrons. The number of hydrogen-bond donors (Lipinski definition) is 0. The number of rotatable bonds is 6. The van der Waals surface area contributed by atoms with E-state index in [2.05, 4.69) is 6.92 Å². The van der Waals surface area contributed by atoms with Crippen LogP contribution in [0.3, 0.4) is 0 Å². The molecule has 4 nitrogen and oxygen atoms in total. The maximum atomic E-state index is 12.0. The van der Waals surface area contributed by atoms with Crippen molar-refractivity contribution in [1.29, 1.82) is 0 Å². The summed E-state index contributed by atoms with van der Waals surface area (Å²) in [4.78, 5) is 12.0. The number of carbonyl (C=O) groups excluding carboxylic acids is 1. The fourth-order valence-electron chi connectivity index (χ4n) is 1.44. The van der Waals surface area contributed by atoms with Gasteiger partial charge >= 0.3 is 6.09 Å². The Morgan fingerprint density at radius 2 is 1.62 bits per heavy atom. The zero-order chi connectivity index (χ0) is 12.8. The highest BCUT2D eigenvalue weighted by molar-refractivity contribution is 6.71. The standard InChI is InChI=1S/C11H26N2O2Si/c1-7-10-13(12(8-2)9-3)11(14)15-16(4,5)6/h7-10H2,1-6H3. The van der Waals surface area contributed by atoms with Gasteiger partial charge in [-0.25, -0.2) is 14.8 Å². The molecule has 0 atom stereocenters. The highest BCUT2D eigenvalue weighted by Gasteiger charge is 2.26. The first-order valence-electron chi connectivity index (χ1n) is 6.11. The van der Waals surface area contributed by atoms with Crippen LogP contribution < -0.4 is 0 Å². The normalized spacial score (nSPS) is 11.7. The van der Waals surface area contributed by atoms with Crippen molar-refractivity contribution in [2.24, 2.45) is 0 Å². The molecule has 0 aromatic carbocycles. The van der Waals surface area contributed by atoms with Crippen LogP contribution in [0, 0.1) is 0 Å². The Bertz CT molecular complexity index is 213. The Morgan fingerprint density at radius 3 is 1.94 bits per heavy atom. The molecule has 0 aliphatic carbocycles. The van der Waals surface area contributed by atoms with E-state index in [9.17, 15) is 4.79 Å². The van der Waals surface area contributed by atoms with Crippen molar-refractivity contribution in [3.05, 3.63) is 0 Å². The zero-order valence-corrected chi connectivity index (χ0v) is 12.5. The second-order valence-corrected chi connectivity index (χ2v) is 9.17. The minimum atomic E-state index is -1.80. The first-order valence-corrected chi connectivity index (χ1v) is 9.51. The van der Waals surface area contributed by atoms with Gasteiger partial charge in [0.1, 0.15) is 0 Å². The summed E-state index contributed by atoms with van der Waals surface area (Å²) in [6.45, 7) is 14.6. The summed E-state index contributed by atoms with van der Waals surface area (Å²) >= 11 is 0. The number of hydrogen-bond acceptors (Lipinski definition) is 3. The van der Waals surface area contributed by atoms with Gasteiger partial charge in [-0.3, -0.25) is 0 Å². The molecular weight excluding hydrogens is 220 g/mol. The van der Waals surface area contributed by atoms with Gasteiger partial charge in [0, 0.05) is 19.6 Å². The van der Waals surface area contributed by atoms with Crippen LogP contribution in [0.25, 0.3) is 0 Å². The summed E-state index contributed by atoms with van der Waals surface area (Å²) in [5, 5.41) is 3.75. The molecule has 16 heavy (non-hydrogen) atoms. The summed E-state index contributed by atoms with van der Waals surface area (Å²) in [6.07, 6.45) is 0.752. The van der Waals surface area contributed by atoms with Crippen molar-refractivity contribution >= 4 is 14.4 Å². The van der Waals surface area contributed by atoms with E-state index in [1.54, 1.807) is 5.01 Å². The van der Waals surface area contributed by atoms with Crippen LogP contribution in [-0.2, 0) is 4.43 Å². The van der Waals surface area contributed by atoms with Gasteiger partial charge in [-0.05, 0) is 26.1 Å². The molecule has 0 aliphatic heterocycles. The van der Waals surface area contributed by atoms with Gasteiger partial charge in [0.25, 0.3) is 0 Å². The van der Waals surface area contributed by atoms with E-state index in [0.29, 0.717) is 0 Å². The molecule has 0 rings (SSSR count). The number of carbonyl (C=O) groups is 1. The quantitative estimate of drug-likeness (QED) is 0.533. The Morgan fingerprint density at radius 1 is 1.12 bits per heavy atom. The van der Waals surface area contributed by atoms with Crippen molar-refractivity contribution in [2.45, 2.75) is 46.8 Å². The minimum Gasteiger partial charge on any atom is -0.503 e.